The minimum atomic E-state index is -0.165. The summed E-state index contributed by atoms with van der Waals surface area (Å²) in [5, 5.41) is 0. The van der Waals surface area contributed by atoms with Gasteiger partial charge in [0.25, 0.3) is 11.8 Å². The van der Waals surface area contributed by atoms with E-state index in [4.69, 9.17) is 0 Å². The second-order valence-electron chi connectivity index (χ2n) is 7.86. The number of amides is 2. The molecule has 0 N–H and O–H groups in total. The molecule has 1 unspecified atom stereocenters. The van der Waals surface area contributed by atoms with Crippen molar-refractivity contribution >= 4 is 17.5 Å². The van der Waals surface area contributed by atoms with Gasteiger partial charge in [0.2, 0.25) is 0 Å². The maximum absolute atomic E-state index is 12.6. The van der Waals surface area contributed by atoms with Crippen LogP contribution in [0.4, 0.5) is 5.69 Å². The SMILES string of the molecule is Cc1cccc(N2CCN(C(C)CN3C(=O)c4ccccc4C3=O)CC2)c1C. The van der Waals surface area contributed by atoms with Crippen LogP contribution in [0, 0.1) is 13.8 Å². The number of fused-ring (bicyclic) bond motifs is 1. The monoisotopic (exact) mass is 377 g/mol. The number of hydrogen-bond acceptors (Lipinski definition) is 4. The maximum Gasteiger partial charge on any atom is 0.261 e. The number of aryl methyl sites for hydroxylation is 1. The first-order valence-electron chi connectivity index (χ1n) is 9.98. The van der Waals surface area contributed by atoms with Gasteiger partial charge in [-0.15, -0.1) is 0 Å². The lowest BCUT2D eigenvalue weighted by Crippen LogP contribution is -2.53. The smallest absolute Gasteiger partial charge is 0.261 e. The summed E-state index contributed by atoms with van der Waals surface area (Å²) in [5.74, 6) is -0.331. The van der Waals surface area contributed by atoms with Gasteiger partial charge in [0.15, 0.2) is 0 Å². The average Bonchev–Trinajstić information content (AvgIpc) is 2.95. The highest BCUT2D eigenvalue weighted by molar-refractivity contribution is 6.21. The Morgan fingerprint density at radius 1 is 0.857 bits per heavy atom. The van der Waals surface area contributed by atoms with E-state index in [0.29, 0.717) is 17.7 Å². The van der Waals surface area contributed by atoms with E-state index in [1.807, 2.05) is 12.1 Å². The third-order valence-corrected chi connectivity index (χ3v) is 6.18. The van der Waals surface area contributed by atoms with Crippen molar-refractivity contribution in [2.45, 2.75) is 26.8 Å². The Balaban J connectivity index is 1.39. The Bertz CT molecular complexity index is 881. The first-order chi connectivity index (χ1) is 13.5. The van der Waals surface area contributed by atoms with Crippen molar-refractivity contribution in [3.63, 3.8) is 0 Å². The quantitative estimate of drug-likeness (QED) is 0.768. The summed E-state index contributed by atoms with van der Waals surface area (Å²) in [6.45, 7) is 10.6. The van der Waals surface area contributed by atoms with Crippen molar-refractivity contribution in [3.05, 3.63) is 64.7 Å². The fourth-order valence-corrected chi connectivity index (χ4v) is 4.27. The number of rotatable bonds is 4. The molecule has 2 aliphatic rings. The Morgan fingerprint density at radius 2 is 1.46 bits per heavy atom. The number of carbonyl (C=O) groups is 2. The van der Waals surface area contributed by atoms with E-state index in [9.17, 15) is 9.59 Å². The second kappa shape index (κ2) is 7.40. The second-order valence-corrected chi connectivity index (χ2v) is 7.86. The van der Waals surface area contributed by atoms with Crippen LogP contribution in [0.1, 0.15) is 38.8 Å². The predicted octanol–water partition coefficient (Wildman–Crippen LogP) is 3.11. The van der Waals surface area contributed by atoms with E-state index in [0.717, 1.165) is 26.2 Å². The average molecular weight is 377 g/mol. The third-order valence-electron chi connectivity index (χ3n) is 6.18. The molecule has 0 aliphatic carbocycles. The summed E-state index contributed by atoms with van der Waals surface area (Å²) in [7, 11) is 0. The van der Waals surface area contributed by atoms with E-state index in [1.54, 1.807) is 12.1 Å². The summed E-state index contributed by atoms with van der Waals surface area (Å²) in [5.41, 5.74) is 5.03. The summed E-state index contributed by atoms with van der Waals surface area (Å²) in [6.07, 6.45) is 0. The summed E-state index contributed by atoms with van der Waals surface area (Å²) in [4.78, 5) is 31.4. The number of anilines is 1. The molecular weight excluding hydrogens is 350 g/mol. The molecule has 0 bridgehead atoms. The summed E-state index contributed by atoms with van der Waals surface area (Å²) in [6, 6.07) is 13.7. The molecule has 0 radical (unpaired) electrons. The van der Waals surface area contributed by atoms with Crippen LogP contribution >= 0.6 is 0 Å². The van der Waals surface area contributed by atoms with Gasteiger partial charge < -0.3 is 4.90 Å². The molecule has 5 heteroatoms. The molecule has 1 fully saturated rings. The minimum Gasteiger partial charge on any atom is -0.369 e. The van der Waals surface area contributed by atoms with E-state index < -0.39 is 0 Å². The molecule has 0 saturated carbocycles. The Labute approximate surface area is 166 Å². The number of imide groups is 1. The lowest BCUT2D eigenvalue weighted by molar-refractivity contribution is 0.0593. The van der Waals surface area contributed by atoms with Crippen LogP contribution in [0.2, 0.25) is 0 Å². The molecule has 28 heavy (non-hydrogen) atoms. The van der Waals surface area contributed by atoms with Crippen LogP contribution in [0.3, 0.4) is 0 Å². The predicted molar refractivity (Wildman–Crippen MR) is 111 cm³/mol. The van der Waals surface area contributed by atoms with Gasteiger partial charge in [-0.3, -0.25) is 19.4 Å². The number of hydrogen-bond donors (Lipinski definition) is 0. The molecule has 146 valence electrons. The molecule has 1 saturated heterocycles. The van der Waals surface area contributed by atoms with Gasteiger partial charge >= 0.3 is 0 Å². The van der Waals surface area contributed by atoms with Crippen molar-refractivity contribution in [1.82, 2.24) is 9.80 Å². The van der Waals surface area contributed by atoms with E-state index >= 15 is 0 Å². The number of nitrogens with zero attached hydrogens (tertiary/aromatic N) is 3. The first-order valence-corrected chi connectivity index (χ1v) is 9.98. The molecule has 2 aromatic carbocycles. The van der Waals surface area contributed by atoms with Gasteiger partial charge in [0.05, 0.1) is 11.1 Å². The Kier molecular flexibility index (Phi) is 4.94. The van der Waals surface area contributed by atoms with Crippen LogP contribution in [-0.2, 0) is 0 Å². The normalized spacial score (nSPS) is 18.5. The Morgan fingerprint density at radius 3 is 2.07 bits per heavy atom. The molecule has 0 spiro atoms. The number of carbonyl (C=O) groups excluding carboxylic acids is 2. The number of piperazine rings is 1. The Hall–Kier alpha value is -2.66. The summed E-state index contributed by atoms with van der Waals surface area (Å²) >= 11 is 0. The van der Waals surface area contributed by atoms with Crippen molar-refractivity contribution < 1.29 is 9.59 Å². The van der Waals surface area contributed by atoms with Crippen LogP contribution in [0.5, 0.6) is 0 Å². The fraction of sp³-hybridized carbons (Fsp3) is 0.391. The van der Waals surface area contributed by atoms with Gasteiger partial charge in [0.1, 0.15) is 0 Å². The highest BCUT2D eigenvalue weighted by Crippen LogP contribution is 2.26. The number of benzene rings is 2. The lowest BCUT2D eigenvalue weighted by Gasteiger charge is -2.40. The van der Waals surface area contributed by atoms with Crippen molar-refractivity contribution in [2.24, 2.45) is 0 Å². The van der Waals surface area contributed by atoms with Crippen LogP contribution in [-0.4, -0.2) is 60.4 Å². The maximum atomic E-state index is 12.6. The molecule has 4 rings (SSSR count). The zero-order chi connectivity index (χ0) is 19.8. The van der Waals surface area contributed by atoms with Gasteiger partial charge in [-0.1, -0.05) is 24.3 Å². The topological polar surface area (TPSA) is 43.9 Å². The standard InChI is InChI=1S/C23H27N3O2/c1-16-7-6-10-21(18(16)3)25-13-11-24(12-14-25)17(2)15-26-22(27)19-8-4-5-9-20(19)23(26)28/h4-10,17H,11-15H2,1-3H3. The van der Waals surface area contributed by atoms with E-state index in [2.05, 4.69) is 48.8 Å². The van der Waals surface area contributed by atoms with Gasteiger partial charge in [-0.2, -0.15) is 0 Å². The van der Waals surface area contributed by atoms with Crippen molar-refractivity contribution in [3.8, 4) is 0 Å². The molecule has 1 atom stereocenters. The zero-order valence-electron chi connectivity index (χ0n) is 16.8. The van der Waals surface area contributed by atoms with Gasteiger partial charge in [-0.05, 0) is 50.1 Å². The first kappa shape index (κ1) is 18.7. The molecule has 2 aromatic rings. The molecule has 2 heterocycles. The van der Waals surface area contributed by atoms with Crippen molar-refractivity contribution in [2.75, 3.05) is 37.6 Å². The summed E-state index contributed by atoms with van der Waals surface area (Å²) < 4.78 is 0. The molecule has 0 aromatic heterocycles. The van der Waals surface area contributed by atoms with Crippen LogP contribution in [0.25, 0.3) is 0 Å². The van der Waals surface area contributed by atoms with Gasteiger partial charge in [0, 0.05) is 44.5 Å². The molecule has 5 nitrogen and oxygen atoms in total. The zero-order valence-corrected chi connectivity index (χ0v) is 16.8. The molecule has 2 amide bonds. The largest absolute Gasteiger partial charge is 0.369 e. The van der Waals surface area contributed by atoms with E-state index in [-0.39, 0.29) is 17.9 Å². The van der Waals surface area contributed by atoms with Crippen LogP contribution in [0.15, 0.2) is 42.5 Å². The molecular formula is C23H27N3O2. The van der Waals surface area contributed by atoms with Crippen molar-refractivity contribution in [1.29, 1.82) is 0 Å². The van der Waals surface area contributed by atoms with Gasteiger partial charge in [-0.25, -0.2) is 0 Å². The fourth-order valence-electron chi connectivity index (χ4n) is 4.27. The van der Waals surface area contributed by atoms with E-state index in [1.165, 1.54) is 21.7 Å². The highest BCUT2D eigenvalue weighted by Gasteiger charge is 2.36. The lowest BCUT2D eigenvalue weighted by atomic mass is 10.1. The third kappa shape index (κ3) is 3.20. The highest BCUT2D eigenvalue weighted by atomic mass is 16.2. The minimum absolute atomic E-state index is 0.142. The molecule has 2 aliphatic heterocycles. The van der Waals surface area contributed by atoms with Crippen LogP contribution < -0.4 is 4.90 Å².